The Morgan fingerprint density at radius 2 is 2.05 bits per heavy atom. The second-order valence-electron chi connectivity index (χ2n) is 5.55. The van der Waals surface area contributed by atoms with Crippen LogP contribution in [0.25, 0.3) is 0 Å². The molecule has 1 aliphatic rings. The summed E-state index contributed by atoms with van der Waals surface area (Å²) in [6.45, 7) is 4.99. The van der Waals surface area contributed by atoms with Gasteiger partial charge < -0.3 is 15.2 Å². The highest BCUT2D eigenvalue weighted by Crippen LogP contribution is 2.33. The third-order valence-corrected chi connectivity index (χ3v) is 4.33. The Balaban J connectivity index is 0.00000220. The lowest BCUT2D eigenvalue weighted by molar-refractivity contribution is 0.0980. The van der Waals surface area contributed by atoms with Crippen LogP contribution < -0.4 is 15.2 Å². The summed E-state index contributed by atoms with van der Waals surface area (Å²) in [5.74, 6) is 2.29. The fourth-order valence-electron chi connectivity index (χ4n) is 3.21. The lowest BCUT2D eigenvalue weighted by atomic mass is 9.90. The van der Waals surface area contributed by atoms with Gasteiger partial charge in [-0.2, -0.15) is 0 Å². The van der Waals surface area contributed by atoms with Crippen LogP contribution >= 0.6 is 12.4 Å². The summed E-state index contributed by atoms with van der Waals surface area (Å²) in [7, 11) is 3.37. The van der Waals surface area contributed by atoms with Gasteiger partial charge in [-0.25, -0.2) is 0 Å². The number of piperidine rings is 1. The molecule has 0 aliphatic carbocycles. The van der Waals surface area contributed by atoms with Crippen molar-refractivity contribution in [1.82, 2.24) is 4.90 Å². The number of nitrogens with two attached hydrogens (primary N) is 1. The maximum absolute atomic E-state index is 5.97. The van der Waals surface area contributed by atoms with E-state index in [2.05, 4.69) is 17.9 Å². The maximum atomic E-state index is 5.97. The molecule has 2 atom stereocenters. The third kappa shape index (κ3) is 4.02. The summed E-state index contributed by atoms with van der Waals surface area (Å²) < 4.78 is 10.9. The van der Waals surface area contributed by atoms with Gasteiger partial charge in [-0.3, -0.25) is 4.90 Å². The van der Waals surface area contributed by atoms with Crippen molar-refractivity contribution in [3.63, 3.8) is 0 Å². The Morgan fingerprint density at radius 1 is 1.29 bits per heavy atom. The minimum atomic E-state index is 0. The Kier molecular flexibility index (Phi) is 7.29. The predicted molar refractivity (Wildman–Crippen MR) is 88.4 cm³/mol. The van der Waals surface area contributed by atoms with Gasteiger partial charge in [0.05, 0.1) is 14.2 Å². The molecule has 0 radical (unpaired) electrons. The first-order valence-electron chi connectivity index (χ1n) is 7.35. The van der Waals surface area contributed by atoms with Crippen molar-refractivity contribution < 1.29 is 9.47 Å². The number of likely N-dealkylation sites (tertiary alicyclic amines) is 1. The molecule has 5 heteroatoms. The monoisotopic (exact) mass is 314 g/mol. The van der Waals surface area contributed by atoms with E-state index >= 15 is 0 Å². The average Bonchev–Trinajstić information content (AvgIpc) is 2.47. The van der Waals surface area contributed by atoms with Crippen LogP contribution in [-0.4, -0.2) is 38.3 Å². The van der Waals surface area contributed by atoms with Crippen LogP contribution in [0.3, 0.4) is 0 Å². The van der Waals surface area contributed by atoms with E-state index in [1.54, 1.807) is 14.2 Å². The van der Waals surface area contributed by atoms with E-state index in [1.807, 2.05) is 12.1 Å². The fraction of sp³-hybridized carbons (Fsp3) is 0.625. The van der Waals surface area contributed by atoms with Crippen molar-refractivity contribution in [2.75, 3.05) is 27.3 Å². The zero-order chi connectivity index (χ0) is 14.5. The molecule has 120 valence electrons. The van der Waals surface area contributed by atoms with Crippen LogP contribution in [0.15, 0.2) is 18.2 Å². The lowest BCUT2D eigenvalue weighted by Crippen LogP contribution is -2.48. The van der Waals surface area contributed by atoms with Gasteiger partial charge in [0.25, 0.3) is 0 Å². The second kappa shape index (κ2) is 8.47. The van der Waals surface area contributed by atoms with E-state index in [0.29, 0.717) is 18.5 Å². The van der Waals surface area contributed by atoms with Crippen LogP contribution in [0.2, 0.25) is 0 Å². The van der Waals surface area contributed by atoms with Gasteiger partial charge in [0, 0.05) is 24.7 Å². The number of para-hydroxylation sites is 1. The Morgan fingerprint density at radius 3 is 2.67 bits per heavy atom. The highest BCUT2D eigenvalue weighted by molar-refractivity contribution is 5.85. The van der Waals surface area contributed by atoms with Crippen LogP contribution in [0.1, 0.15) is 25.3 Å². The van der Waals surface area contributed by atoms with Crippen molar-refractivity contribution in [2.24, 2.45) is 11.7 Å². The molecule has 2 rings (SSSR count). The molecule has 1 heterocycles. The van der Waals surface area contributed by atoms with Gasteiger partial charge in [0.1, 0.15) is 0 Å². The van der Waals surface area contributed by atoms with E-state index in [-0.39, 0.29) is 12.4 Å². The number of benzene rings is 1. The standard InChI is InChI=1S/C16H26N2O2.ClH/c1-12-6-5-9-18(14(12)10-17)11-13-7-4-8-15(19-2)16(13)20-3;/h4,7-8,12,14H,5-6,9-11,17H2,1-3H3;1H. The first-order valence-corrected chi connectivity index (χ1v) is 7.35. The molecule has 0 spiro atoms. The molecule has 0 saturated carbocycles. The molecule has 0 bridgehead atoms. The number of rotatable bonds is 5. The van der Waals surface area contributed by atoms with Gasteiger partial charge in [0.15, 0.2) is 11.5 Å². The molecule has 1 aromatic carbocycles. The Labute approximate surface area is 134 Å². The number of ether oxygens (including phenoxy) is 2. The third-order valence-electron chi connectivity index (χ3n) is 4.33. The van der Waals surface area contributed by atoms with Gasteiger partial charge in [-0.05, 0) is 31.4 Å². The smallest absolute Gasteiger partial charge is 0.165 e. The van der Waals surface area contributed by atoms with Crippen molar-refractivity contribution in [1.29, 1.82) is 0 Å². The minimum absolute atomic E-state index is 0. The molecular weight excluding hydrogens is 288 g/mol. The Bertz CT molecular complexity index is 442. The molecule has 1 aliphatic heterocycles. The first-order chi connectivity index (χ1) is 9.71. The summed E-state index contributed by atoms with van der Waals surface area (Å²) >= 11 is 0. The molecule has 0 aromatic heterocycles. The van der Waals surface area contributed by atoms with Crippen molar-refractivity contribution in [2.45, 2.75) is 32.4 Å². The maximum Gasteiger partial charge on any atom is 0.165 e. The number of methoxy groups -OCH3 is 2. The number of halogens is 1. The summed E-state index contributed by atoms with van der Waals surface area (Å²) in [6, 6.07) is 6.51. The van der Waals surface area contributed by atoms with Gasteiger partial charge in [-0.1, -0.05) is 19.1 Å². The molecule has 4 nitrogen and oxygen atoms in total. The second-order valence-corrected chi connectivity index (χ2v) is 5.55. The van der Waals surface area contributed by atoms with Crippen molar-refractivity contribution >= 4 is 12.4 Å². The molecular formula is C16H27ClN2O2. The summed E-state index contributed by atoms with van der Waals surface area (Å²) in [4.78, 5) is 2.48. The summed E-state index contributed by atoms with van der Waals surface area (Å²) in [5, 5.41) is 0. The normalized spacial score (nSPS) is 22.5. The quantitative estimate of drug-likeness (QED) is 0.908. The minimum Gasteiger partial charge on any atom is -0.493 e. The highest BCUT2D eigenvalue weighted by atomic mass is 35.5. The van der Waals surface area contributed by atoms with Crippen molar-refractivity contribution in [3.05, 3.63) is 23.8 Å². The zero-order valence-corrected chi connectivity index (χ0v) is 14.0. The van der Waals surface area contributed by atoms with Gasteiger partial charge in [-0.15, -0.1) is 12.4 Å². The van der Waals surface area contributed by atoms with E-state index in [1.165, 1.54) is 18.4 Å². The zero-order valence-electron chi connectivity index (χ0n) is 13.2. The average molecular weight is 315 g/mol. The highest BCUT2D eigenvalue weighted by Gasteiger charge is 2.28. The Hall–Kier alpha value is -0.970. The van der Waals surface area contributed by atoms with Crippen LogP contribution in [0.4, 0.5) is 0 Å². The van der Waals surface area contributed by atoms with Gasteiger partial charge in [0.2, 0.25) is 0 Å². The van der Waals surface area contributed by atoms with E-state index in [0.717, 1.165) is 24.6 Å². The molecule has 21 heavy (non-hydrogen) atoms. The number of hydrogen-bond acceptors (Lipinski definition) is 4. The topological polar surface area (TPSA) is 47.7 Å². The molecule has 0 amide bonds. The summed E-state index contributed by atoms with van der Waals surface area (Å²) in [6.07, 6.45) is 2.51. The molecule has 1 aromatic rings. The number of nitrogens with zero attached hydrogens (tertiary/aromatic N) is 1. The largest absolute Gasteiger partial charge is 0.493 e. The predicted octanol–water partition coefficient (Wildman–Crippen LogP) is 2.68. The van der Waals surface area contributed by atoms with Crippen molar-refractivity contribution in [3.8, 4) is 11.5 Å². The summed E-state index contributed by atoms with van der Waals surface area (Å²) in [5.41, 5.74) is 7.13. The van der Waals surface area contributed by atoms with Gasteiger partial charge >= 0.3 is 0 Å². The van der Waals surface area contributed by atoms with Crippen LogP contribution in [0, 0.1) is 5.92 Å². The molecule has 2 unspecified atom stereocenters. The van der Waals surface area contributed by atoms with Crippen LogP contribution in [-0.2, 0) is 6.54 Å². The SMILES string of the molecule is COc1cccc(CN2CCCC(C)C2CN)c1OC.Cl. The van der Waals surface area contributed by atoms with E-state index in [9.17, 15) is 0 Å². The van der Waals surface area contributed by atoms with E-state index < -0.39 is 0 Å². The number of hydrogen-bond donors (Lipinski definition) is 1. The molecule has 1 fully saturated rings. The lowest BCUT2D eigenvalue weighted by Gasteiger charge is -2.39. The fourth-order valence-corrected chi connectivity index (χ4v) is 3.21. The van der Waals surface area contributed by atoms with E-state index in [4.69, 9.17) is 15.2 Å². The molecule has 1 saturated heterocycles. The molecule has 2 N–H and O–H groups in total. The van der Waals surface area contributed by atoms with Crippen LogP contribution in [0.5, 0.6) is 11.5 Å². The first kappa shape index (κ1) is 18.1.